The van der Waals surface area contributed by atoms with Crippen LogP contribution >= 0.6 is 11.6 Å². The number of aromatic nitrogens is 1. The van der Waals surface area contributed by atoms with Gasteiger partial charge in [0.05, 0.1) is 0 Å². The Kier molecular flexibility index (Phi) is 4.28. The highest BCUT2D eigenvalue weighted by Crippen LogP contribution is 2.18. The van der Waals surface area contributed by atoms with E-state index in [1.807, 2.05) is 18.3 Å². The van der Waals surface area contributed by atoms with E-state index in [0.717, 1.165) is 11.1 Å². The average molecular weight is 265 g/mol. The molecular weight excluding hydrogens is 251 g/mol. The maximum Gasteiger partial charge on any atom is 0.124 e. The molecule has 2 rings (SSSR count). The fraction of sp³-hybridized carbons (Fsp3) is 0.214. The third-order valence-corrected chi connectivity index (χ3v) is 3.15. The molecule has 4 heteroatoms. The zero-order chi connectivity index (χ0) is 13.0. The van der Waals surface area contributed by atoms with Crippen molar-refractivity contribution in [1.29, 1.82) is 0 Å². The predicted octanol–water partition coefficient (Wildman–Crippen LogP) is 3.72. The van der Waals surface area contributed by atoms with Gasteiger partial charge in [-0.25, -0.2) is 4.39 Å². The summed E-state index contributed by atoms with van der Waals surface area (Å²) in [6.45, 7) is 2.64. The van der Waals surface area contributed by atoms with Crippen LogP contribution in [0.5, 0.6) is 0 Å². The van der Waals surface area contributed by atoms with E-state index in [1.165, 1.54) is 12.1 Å². The van der Waals surface area contributed by atoms with Gasteiger partial charge in [-0.15, -0.1) is 0 Å². The summed E-state index contributed by atoms with van der Waals surface area (Å²) in [5.41, 5.74) is 1.99. The first kappa shape index (κ1) is 13.0. The van der Waals surface area contributed by atoms with Gasteiger partial charge in [-0.2, -0.15) is 0 Å². The van der Waals surface area contributed by atoms with Crippen molar-refractivity contribution in [3.05, 3.63) is 64.7 Å². The van der Waals surface area contributed by atoms with Crippen molar-refractivity contribution in [3.63, 3.8) is 0 Å². The van der Waals surface area contributed by atoms with Gasteiger partial charge in [0, 0.05) is 30.0 Å². The molecule has 94 valence electrons. The molecule has 0 aliphatic heterocycles. The summed E-state index contributed by atoms with van der Waals surface area (Å²) in [7, 11) is 0. The number of hydrogen-bond donors (Lipinski definition) is 1. The van der Waals surface area contributed by atoms with Gasteiger partial charge in [-0.05, 0) is 36.2 Å². The summed E-state index contributed by atoms with van der Waals surface area (Å²) >= 11 is 5.97. The number of benzene rings is 1. The van der Waals surface area contributed by atoms with Crippen molar-refractivity contribution in [2.45, 2.75) is 19.5 Å². The smallest absolute Gasteiger partial charge is 0.124 e. The zero-order valence-electron chi connectivity index (χ0n) is 10.0. The Hall–Kier alpha value is -1.45. The molecule has 1 aromatic carbocycles. The highest BCUT2D eigenvalue weighted by Gasteiger charge is 2.06. The lowest BCUT2D eigenvalue weighted by Crippen LogP contribution is -2.18. The average Bonchev–Trinajstić information content (AvgIpc) is 2.38. The topological polar surface area (TPSA) is 24.9 Å². The number of hydrogen-bond acceptors (Lipinski definition) is 2. The number of pyridine rings is 1. The number of halogens is 2. The SMILES string of the molecule is CC(NCc1ccc(F)cc1Cl)c1cccnc1. The van der Waals surface area contributed by atoms with E-state index < -0.39 is 0 Å². The fourth-order valence-electron chi connectivity index (χ4n) is 1.68. The summed E-state index contributed by atoms with van der Waals surface area (Å²) in [4.78, 5) is 4.07. The monoisotopic (exact) mass is 264 g/mol. The molecule has 0 aliphatic rings. The van der Waals surface area contributed by atoms with Gasteiger partial charge in [0.1, 0.15) is 5.82 Å². The van der Waals surface area contributed by atoms with Gasteiger partial charge >= 0.3 is 0 Å². The second-order valence-corrected chi connectivity index (χ2v) is 4.53. The minimum Gasteiger partial charge on any atom is -0.306 e. The molecule has 1 heterocycles. The molecule has 0 aliphatic carbocycles. The van der Waals surface area contributed by atoms with Crippen molar-refractivity contribution in [2.24, 2.45) is 0 Å². The van der Waals surface area contributed by atoms with Crippen LogP contribution < -0.4 is 5.32 Å². The lowest BCUT2D eigenvalue weighted by atomic mass is 10.1. The predicted molar refractivity (Wildman–Crippen MR) is 70.9 cm³/mol. The molecule has 0 saturated carbocycles. The van der Waals surface area contributed by atoms with Gasteiger partial charge in [0.25, 0.3) is 0 Å². The first-order chi connectivity index (χ1) is 8.66. The Morgan fingerprint density at radius 2 is 2.22 bits per heavy atom. The number of nitrogens with one attached hydrogen (secondary N) is 1. The van der Waals surface area contributed by atoms with Crippen LogP contribution in [0.25, 0.3) is 0 Å². The lowest BCUT2D eigenvalue weighted by molar-refractivity contribution is 0.571. The molecule has 0 spiro atoms. The Morgan fingerprint density at radius 1 is 1.39 bits per heavy atom. The van der Waals surface area contributed by atoms with E-state index in [4.69, 9.17) is 11.6 Å². The standard InChI is InChI=1S/C14H14ClFN2/c1-10(11-3-2-6-17-8-11)18-9-12-4-5-13(16)7-14(12)15/h2-8,10,18H,9H2,1H3. The second kappa shape index (κ2) is 5.94. The van der Waals surface area contributed by atoms with E-state index in [-0.39, 0.29) is 11.9 Å². The Bertz CT molecular complexity index is 516. The largest absolute Gasteiger partial charge is 0.306 e. The molecule has 0 fully saturated rings. The third kappa shape index (κ3) is 3.28. The van der Waals surface area contributed by atoms with Crippen LogP contribution in [-0.4, -0.2) is 4.98 Å². The molecule has 18 heavy (non-hydrogen) atoms. The zero-order valence-corrected chi connectivity index (χ0v) is 10.8. The van der Waals surface area contributed by atoms with Crippen LogP contribution in [0.15, 0.2) is 42.7 Å². The summed E-state index contributed by atoms with van der Waals surface area (Å²) < 4.78 is 12.9. The van der Waals surface area contributed by atoms with Crippen LogP contribution in [0, 0.1) is 5.82 Å². The van der Waals surface area contributed by atoms with E-state index in [1.54, 1.807) is 12.3 Å². The molecule has 1 N–H and O–H groups in total. The molecule has 2 nitrogen and oxygen atoms in total. The quantitative estimate of drug-likeness (QED) is 0.910. The van der Waals surface area contributed by atoms with Crippen LogP contribution in [-0.2, 0) is 6.54 Å². The Morgan fingerprint density at radius 3 is 2.89 bits per heavy atom. The van der Waals surface area contributed by atoms with Gasteiger partial charge in [0.2, 0.25) is 0 Å². The van der Waals surface area contributed by atoms with Crippen LogP contribution in [0.4, 0.5) is 4.39 Å². The maximum absolute atomic E-state index is 12.9. The Labute approximate surface area is 111 Å². The number of nitrogens with zero attached hydrogens (tertiary/aromatic N) is 1. The van der Waals surface area contributed by atoms with Crippen molar-refractivity contribution >= 4 is 11.6 Å². The highest BCUT2D eigenvalue weighted by molar-refractivity contribution is 6.31. The third-order valence-electron chi connectivity index (χ3n) is 2.80. The van der Waals surface area contributed by atoms with Crippen LogP contribution in [0.1, 0.15) is 24.1 Å². The lowest BCUT2D eigenvalue weighted by Gasteiger charge is -2.14. The molecule has 1 aromatic heterocycles. The van der Waals surface area contributed by atoms with E-state index in [0.29, 0.717) is 11.6 Å². The van der Waals surface area contributed by atoms with Gasteiger partial charge < -0.3 is 5.32 Å². The molecule has 1 unspecified atom stereocenters. The summed E-state index contributed by atoms with van der Waals surface area (Å²) in [5.74, 6) is -0.316. The first-order valence-corrected chi connectivity index (χ1v) is 6.12. The molecular formula is C14H14ClFN2. The highest BCUT2D eigenvalue weighted by atomic mass is 35.5. The van der Waals surface area contributed by atoms with Crippen molar-refractivity contribution in [3.8, 4) is 0 Å². The number of rotatable bonds is 4. The molecule has 0 bridgehead atoms. The van der Waals surface area contributed by atoms with Gasteiger partial charge in [0.15, 0.2) is 0 Å². The molecule has 0 amide bonds. The van der Waals surface area contributed by atoms with E-state index in [2.05, 4.69) is 17.2 Å². The molecule has 0 saturated heterocycles. The molecule has 0 radical (unpaired) electrons. The van der Waals surface area contributed by atoms with Crippen molar-refractivity contribution < 1.29 is 4.39 Å². The van der Waals surface area contributed by atoms with Crippen LogP contribution in [0.3, 0.4) is 0 Å². The summed E-state index contributed by atoms with van der Waals surface area (Å²) in [6.07, 6.45) is 3.57. The van der Waals surface area contributed by atoms with Gasteiger partial charge in [-0.1, -0.05) is 23.7 Å². The minimum atomic E-state index is -0.316. The van der Waals surface area contributed by atoms with Crippen molar-refractivity contribution in [2.75, 3.05) is 0 Å². The Balaban J connectivity index is 1.99. The van der Waals surface area contributed by atoms with Crippen molar-refractivity contribution in [1.82, 2.24) is 10.3 Å². The van der Waals surface area contributed by atoms with Gasteiger partial charge in [-0.3, -0.25) is 4.98 Å². The van der Waals surface area contributed by atoms with E-state index >= 15 is 0 Å². The normalized spacial score (nSPS) is 12.4. The maximum atomic E-state index is 12.9. The summed E-state index contributed by atoms with van der Waals surface area (Å²) in [6, 6.07) is 8.51. The first-order valence-electron chi connectivity index (χ1n) is 5.74. The van der Waals surface area contributed by atoms with Crippen LogP contribution in [0.2, 0.25) is 5.02 Å². The molecule has 1 atom stereocenters. The second-order valence-electron chi connectivity index (χ2n) is 4.12. The minimum absolute atomic E-state index is 0.166. The molecule has 2 aromatic rings. The summed E-state index contributed by atoms with van der Waals surface area (Å²) in [5, 5.41) is 3.77. The fourth-order valence-corrected chi connectivity index (χ4v) is 1.91. The van der Waals surface area contributed by atoms with E-state index in [9.17, 15) is 4.39 Å².